The van der Waals surface area contributed by atoms with Gasteiger partial charge in [0.05, 0.1) is 0 Å². The van der Waals surface area contributed by atoms with Crippen molar-refractivity contribution in [2.75, 3.05) is 26.7 Å². The van der Waals surface area contributed by atoms with Crippen LogP contribution in [0.3, 0.4) is 0 Å². The van der Waals surface area contributed by atoms with E-state index in [9.17, 15) is 0 Å². The molecule has 0 aliphatic carbocycles. The Morgan fingerprint density at radius 3 is 2.91 bits per heavy atom. The number of aromatic nitrogens is 1. The second-order valence-corrected chi connectivity index (χ2v) is 6.13. The van der Waals surface area contributed by atoms with E-state index in [0.717, 1.165) is 31.6 Å². The Morgan fingerprint density at radius 2 is 2.23 bits per heavy atom. The topological polar surface area (TPSA) is 44.6 Å². The number of hydrogen-bond acceptors (Lipinski definition) is 2. The van der Waals surface area contributed by atoms with Gasteiger partial charge >= 0.3 is 0 Å². The van der Waals surface area contributed by atoms with E-state index < -0.39 is 0 Å². The van der Waals surface area contributed by atoms with Gasteiger partial charge in [0.15, 0.2) is 5.96 Å². The molecular formula is C17H31N5. The molecule has 0 spiro atoms. The Bertz CT molecular complexity index is 465. The summed E-state index contributed by atoms with van der Waals surface area (Å²) in [6.45, 7) is 6.41. The first kappa shape index (κ1) is 16.9. The van der Waals surface area contributed by atoms with E-state index in [0.29, 0.717) is 0 Å². The van der Waals surface area contributed by atoms with E-state index in [2.05, 4.69) is 50.5 Å². The smallest absolute Gasteiger partial charge is 0.191 e. The summed E-state index contributed by atoms with van der Waals surface area (Å²) in [4.78, 5) is 6.93. The first-order valence-corrected chi connectivity index (χ1v) is 8.52. The van der Waals surface area contributed by atoms with Crippen LogP contribution in [0.5, 0.6) is 0 Å². The molecular weight excluding hydrogens is 274 g/mol. The fourth-order valence-electron chi connectivity index (χ4n) is 3.21. The summed E-state index contributed by atoms with van der Waals surface area (Å²) in [6, 6.07) is 2.90. The maximum Gasteiger partial charge on any atom is 0.191 e. The molecule has 1 atom stereocenters. The fourth-order valence-corrected chi connectivity index (χ4v) is 3.21. The van der Waals surface area contributed by atoms with Gasteiger partial charge in [0.2, 0.25) is 0 Å². The summed E-state index contributed by atoms with van der Waals surface area (Å²) in [5, 5.41) is 6.80. The number of rotatable bonds is 6. The van der Waals surface area contributed by atoms with Crippen LogP contribution in [0.15, 0.2) is 23.5 Å². The van der Waals surface area contributed by atoms with Crippen LogP contribution in [0.25, 0.3) is 0 Å². The molecule has 1 aromatic rings. The molecule has 0 radical (unpaired) electrons. The number of aryl methyl sites for hydroxylation is 1. The van der Waals surface area contributed by atoms with Crippen molar-refractivity contribution in [3.63, 3.8) is 0 Å². The van der Waals surface area contributed by atoms with E-state index in [1.807, 2.05) is 14.1 Å². The van der Waals surface area contributed by atoms with Gasteiger partial charge in [0.1, 0.15) is 0 Å². The second kappa shape index (κ2) is 8.83. The first-order valence-electron chi connectivity index (χ1n) is 8.52. The molecule has 1 fully saturated rings. The molecule has 22 heavy (non-hydrogen) atoms. The lowest BCUT2D eigenvalue weighted by Gasteiger charge is -2.35. The minimum absolute atomic E-state index is 0.773. The van der Waals surface area contributed by atoms with Gasteiger partial charge < -0.3 is 15.2 Å². The van der Waals surface area contributed by atoms with Crippen LogP contribution in [-0.2, 0) is 13.6 Å². The van der Waals surface area contributed by atoms with E-state index >= 15 is 0 Å². The van der Waals surface area contributed by atoms with Crippen LogP contribution < -0.4 is 10.6 Å². The highest BCUT2D eigenvalue weighted by atomic mass is 15.2. The zero-order valence-electron chi connectivity index (χ0n) is 14.3. The predicted molar refractivity (Wildman–Crippen MR) is 93.1 cm³/mol. The lowest BCUT2D eigenvalue weighted by Crippen LogP contribution is -2.45. The van der Waals surface area contributed by atoms with Crippen molar-refractivity contribution in [2.24, 2.45) is 12.0 Å². The summed E-state index contributed by atoms with van der Waals surface area (Å²) in [7, 11) is 3.87. The van der Waals surface area contributed by atoms with Crippen LogP contribution in [0.1, 0.15) is 38.2 Å². The molecule has 124 valence electrons. The van der Waals surface area contributed by atoms with Crippen LogP contribution in [0, 0.1) is 0 Å². The van der Waals surface area contributed by atoms with Gasteiger partial charge in [-0.05, 0) is 37.4 Å². The SMILES string of the molecule is CCC1CCCCN1CCNC(=NC)NCc1ccn(C)c1. The number of aliphatic imine (C=N–C) groups is 1. The maximum atomic E-state index is 4.30. The third-order valence-corrected chi connectivity index (χ3v) is 4.49. The molecule has 5 heteroatoms. The third-order valence-electron chi connectivity index (χ3n) is 4.49. The molecule has 1 aliphatic rings. The molecule has 2 rings (SSSR count). The Balaban J connectivity index is 1.69. The fraction of sp³-hybridized carbons (Fsp3) is 0.706. The highest BCUT2D eigenvalue weighted by Crippen LogP contribution is 2.18. The van der Waals surface area contributed by atoms with Crippen LogP contribution in [0.4, 0.5) is 0 Å². The number of nitrogens with one attached hydrogen (secondary N) is 2. The molecule has 2 heterocycles. The first-order chi connectivity index (χ1) is 10.7. The number of guanidine groups is 1. The Labute approximate surface area is 134 Å². The average Bonchev–Trinajstić information content (AvgIpc) is 2.96. The Kier molecular flexibility index (Phi) is 6.77. The summed E-state index contributed by atoms with van der Waals surface area (Å²) < 4.78 is 2.06. The van der Waals surface area contributed by atoms with E-state index in [-0.39, 0.29) is 0 Å². The Hall–Kier alpha value is -1.49. The highest BCUT2D eigenvalue weighted by Gasteiger charge is 2.19. The summed E-state index contributed by atoms with van der Waals surface area (Å²) in [6.07, 6.45) is 9.55. The molecule has 2 N–H and O–H groups in total. The average molecular weight is 305 g/mol. The molecule has 0 saturated carbocycles. The molecule has 0 amide bonds. The lowest BCUT2D eigenvalue weighted by atomic mass is 10.0. The van der Waals surface area contributed by atoms with Crippen LogP contribution >= 0.6 is 0 Å². The largest absolute Gasteiger partial charge is 0.357 e. The molecule has 5 nitrogen and oxygen atoms in total. The highest BCUT2D eigenvalue weighted by molar-refractivity contribution is 5.79. The Morgan fingerprint density at radius 1 is 1.36 bits per heavy atom. The van der Waals surface area contributed by atoms with Gasteiger partial charge in [0, 0.05) is 52.2 Å². The van der Waals surface area contributed by atoms with Crippen molar-refractivity contribution in [1.82, 2.24) is 20.1 Å². The standard InChI is InChI=1S/C17H31N5/c1-4-16-7-5-6-10-22(16)12-9-19-17(18-2)20-13-15-8-11-21(3)14-15/h8,11,14,16H,4-7,9-10,12-13H2,1-3H3,(H2,18,19,20). The lowest BCUT2D eigenvalue weighted by molar-refractivity contribution is 0.147. The van der Waals surface area contributed by atoms with E-state index in [4.69, 9.17) is 0 Å². The van der Waals surface area contributed by atoms with Crippen molar-refractivity contribution in [1.29, 1.82) is 0 Å². The number of hydrogen-bond donors (Lipinski definition) is 2. The number of nitrogens with zero attached hydrogens (tertiary/aromatic N) is 3. The zero-order valence-corrected chi connectivity index (χ0v) is 14.3. The van der Waals surface area contributed by atoms with Gasteiger partial charge in [-0.15, -0.1) is 0 Å². The van der Waals surface area contributed by atoms with Crippen LogP contribution in [0.2, 0.25) is 0 Å². The molecule has 0 bridgehead atoms. The monoisotopic (exact) mass is 305 g/mol. The van der Waals surface area contributed by atoms with Crippen molar-refractivity contribution in [3.8, 4) is 0 Å². The van der Waals surface area contributed by atoms with Crippen molar-refractivity contribution in [2.45, 2.75) is 45.2 Å². The molecule has 1 unspecified atom stereocenters. The third kappa shape index (κ3) is 5.05. The predicted octanol–water partition coefficient (Wildman–Crippen LogP) is 1.95. The summed E-state index contributed by atoms with van der Waals surface area (Å²) in [5.41, 5.74) is 1.27. The van der Waals surface area contributed by atoms with Gasteiger partial charge in [-0.3, -0.25) is 9.89 Å². The molecule has 1 aliphatic heterocycles. The maximum absolute atomic E-state index is 4.30. The number of piperidine rings is 1. The van der Waals surface area contributed by atoms with E-state index in [1.165, 1.54) is 37.8 Å². The zero-order chi connectivity index (χ0) is 15.8. The minimum atomic E-state index is 0.773. The summed E-state index contributed by atoms with van der Waals surface area (Å²) in [5.74, 6) is 0.883. The van der Waals surface area contributed by atoms with Crippen molar-refractivity contribution >= 4 is 5.96 Å². The van der Waals surface area contributed by atoms with Crippen molar-refractivity contribution in [3.05, 3.63) is 24.0 Å². The quantitative estimate of drug-likeness (QED) is 0.624. The van der Waals surface area contributed by atoms with Gasteiger partial charge in [-0.2, -0.15) is 0 Å². The van der Waals surface area contributed by atoms with Crippen molar-refractivity contribution < 1.29 is 0 Å². The summed E-state index contributed by atoms with van der Waals surface area (Å²) >= 11 is 0. The van der Waals surface area contributed by atoms with Gasteiger partial charge in [-0.25, -0.2) is 0 Å². The van der Waals surface area contributed by atoms with Gasteiger partial charge in [0.25, 0.3) is 0 Å². The number of likely N-dealkylation sites (tertiary alicyclic amines) is 1. The molecule has 1 saturated heterocycles. The van der Waals surface area contributed by atoms with E-state index in [1.54, 1.807) is 0 Å². The molecule has 0 aromatic carbocycles. The second-order valence-electron chi connectivity index (χ2n) is 6.13. The van der Waals surface area contributed by atoms with Gasteiger partial charge in [-0.1, -0.05) is 13.3 Å². The minimum Gasteiger partial charge on any atom is -0.357 e. The molecule has 1 aromatic heterocycles. The van der Waals surface area contributed by atoms with Crippen LogP contribution in [-0.4, -0.2) is 48.2 Å². The normalized spacial score (nSPS) is 20.1.